The lowest BCUT2D eigenvalue weighted by Gasteiger charge is -2.08. The van der Waals surface area contributed by atoms with Crippen molar-refractivity contribution in [1.29, 1.82) is 0 Å². The lowest BCUT2D eigenvalue weighted by molar-refractivity contribution is 0.305. The highest BCUT2D eigenvalue weighted by Crippen LogP contribution is 2.22. The van der Waals surface area contributed by atoms with Gasteiger partial charge < -0.3 is 15.8 Å². The number of aromatic nitrogens is 2. The Morgan fingerprint density at radius 3 is 2.78 bits per heavy atom. The maximum Gasteiger partial charge on any atom is 0.203 e. The van der Waals surface area contributed by atoms with Crippen LogP contribution in [0.15, 0.2) is 67.7 Å². The summed E-state index contributed by atoms with van der Waals surface area (Å²) >= 11 is 4.79. The quantitative estimate of drug-likeness (QED) is 0.122. The van der Waals surface area contributed by atoms with Crippen molar-refractivity contribution in [2.45, 2.75) is 4.90 Å². The topological polar surface area (TPSA) is 95.6 Å². The van der Waals surface area contributed by atoms with E-state index in [4.69, 9.17) is 4.63 Å². The Kier molecular flexibility index (Phi) is 6.66. The summed E-state index contributed by atoms with van der Waals surface area (Å²) in [7, 11) is 0. The molecule has 0 aliphatic rings. The van der Waals surface area contributed by atoms with Crippen LogP contribution in [0, 0.1) is 5.82 Å². The third-order valence-corrected chi connectivity index (χ3v) is 5.02. The van der Waals surface area contributed by atoms with E-state index in [1.165, 1.54) is 23.1 Å². The van der Waals surface area contributed by atoms with Crippen LogP contribution >= 0.6 is 27.7 Å². The number of oxime groups is 1. The van der Waals surface area contributed by atoms with E-state index in [1.54, 1.807) is 11.8 Å². The van der Waals surface area contributed by atoms with Crippen LogP contribution in [0.4, 0.5) is 15.9 Å². The van der Waals surface area contributed by atoms with Crippen LogP contribution in [-0.2, 0) is 0 Å². The van der Waals surface area contributed by atoms with Gasteiger partial charge >= 0.3 is 0 Å². The highest BCUT2D eigenvalue weighted by Gasteiger charge is 2.17. The predicted octanol–water partition coefficient (Wildman–Crippen LogP) is 4.42. The van der Waals surface area contributed by atoms with Gasteiger partial charge in [-0.05, 0) is 56.6 Å². The van der Waals surface area contributed by atoms with E-state index in [9.17, 15) is 9.60 Å². The zero-order chi connectivity index (χ0) is 19.1. The van der Waals surface area contributed by atoms with Crippen LogP contribution < -0.4 is 10.6 Å². The molecule has 2 aromatic carbocycles. The van der Waals surface area contributed by atoms with Gasteiger partial charge in [-0.1, -0.05) is 23.4 Å². The fourth-order valence-electron chi connectivity index (χ4n) is 2.16. The second-order valence-corrected chi connectivity index (χ2v) is 7.27. The summed E-state index contributed by atoms with van der Waals surface area (Å²) in [6, 6.07) is 14.3. The Morgan fingerprint density at radius 2 is 2.04 bits per heavy atom. The minimum Gasteiger partial charge on any atom is -0.409 e. The number of benzene rings is 2. The fourth-order valence-corrected chi connectivity index (χ4v) is 3.33. The van der Waals surface area contributed by atoms with Gasteiger partial charge in [0.25, 0.3) is 0 Å². The number of nitrogens with one attached hydrogen (secondary N) is 2. The largest absolute Gasteiger partial charge is 0.409 e. The standard InChI is InChI=1S/C17H15BrFN5O2S/c18-13-10-11(6-7-14(13)19)21-17(22-25)15-16(24-26-23-15)20-8-9-27-12-4-2-1-3-5-12/h1-7,10,25H,8-9H2,(H,20,24)(H,21,22). The van der Waals surface area contributed by atoms with E-state index in [1.807, 2.05) is 30.3 Å². The van der Waals surface area contributed by atoms with Gasteiger partial charge in [-0.25, -0.2) is 9.02 Å². The first kappa shape index (κ1) is 19.2. The van der Waals surface area contributed by atoms with E-state index in [0.29, 0.717) is 18.1 Å². The van der Waals surface area contributed by atoms with Gasteiger partial charge in [-0.3, -0.25) is 0 Å². The van der Waals surface area contributed by atoms with E-state index in [2.05, 4.69) is 42.0 Å². The summed E-state index contributed by atoms with van der Waals surface area (Å²) in [5.74, 6) is 0.753. The van der Waals surface area contributed by atoms with E-state index in [0.717, 1.165) is 5.75 Å². The smallest absolute Gasteiger partial charge is 0.203 e. The molecule has 0 fully saturated rings. The van der Waals surface area contributed by atoms with Gasteiger partial charge in [-0.15, -0.1) is 11.8 Å². The second-order valence-electron chi connectivity index (χ2n) is 5.25. The molecule has 0 saturated heterocycles. The summed E-state index contributed by atoms with van der Waals surface area (Å²) < 4.78 is 18.4. The molecule has 1 aromatic heterocycles. The SMILES string of the molecule is O/N=C(\Nc1ccc(F)c(Br)c1)c1nonc1NCCSc1ccccc1. The molecule has 3 N–H and O–H groups in total. The molecule has 3 aromatic rings. The monoisotopic (exact) mass is 451 g/mol. The van der Waals surface area contributed by atoms with Crippen molar-refractivity contribution in [2.75, 3.05) is 22.9 Å². The van der Waals surface area contributed by atoms with Gasteiger partial charge in [0.15, 0.2) is 5.69 Å². The van der Waals surface area contributed by atoms with Crippen LogP contribution in [0.5, 0.6) is 0 Å². The van der Waals surface area contributed by atoms with Crippen LogP contribution in [0.2, 0.25) is 0 Å². The lowest BCUT2D eigenvalue weighted by Crippen LogP contribution is -2.17. The first-order chi connectivity index (χ1) is 13.2. The average Bonchev–Trinajstić information content (AvgIpc) is 3.15. The number of anilines is 2. The molecule has 1 heterocycles. The van der Waals surface area contributed by atoms with Gasteiger partial charge in [0, 0.05) is 22.9 Å². The van der Waals surface area contributed by atoms with Gasteiger partial charge in [0.1, 0.15) is 5.82 Å². The number of nitrogens with zero attached hydrogens (tertiary/aromatic N) is 3. The van der Waals surface area contributed by atoms with E-state index < -0.39 is 5.82 Å². The molecule has 10 heteroatoms. The summed E-state index contributed by atoms with van der Waals surface area (Å²) in [6.45, 7) is 0.599. The Balaban J connectivity index is 1.61. The minimum absolute atomic E-state index is 0.0213. The molecule has 0 amide bonds. The molecule has 0 atom stereocenters. The van der Waals surface area contributed by atoms with Crippen molar-refractivity contribution < 1.29 is 14.2 Å². The average molecular weight is 452 g/mol. The molecule has 0 bridgehead atoms. The first-order valence-electron chi connectivity index (χ1n) is 7.86. The highest BCUT2D eigenvalue weighted by atomic mass is 79.9. The molecule has 3 rings (SSSR count). The molecular formula is C17H15BrFN5O2S. The predicted molar refractivity (Wildman–Crippen MR) is 106 cm³/mol. The number of hydrogen-bond acceptors (Lipinski definition) is 7. The number of thioether (sulfide) groups is 1. The maximum atomic E-state index is 13.3. The fraction of sp³-hybridized carbons (Fsp3) is 0.118. The Morgan fingerprint density at radius 1 is 1.22 bits per heavy atom. The summed E-state index contributed by atoms with van der Waals surface area (Å²) in [5.41, 5.74) is 0.715. The minimum atomic E-state index is -0.399. The zero-order valence-corrected chi connectivity index (χ0v) is 16.3. The number of amidine groups is 1. The molecule has 7 nitrogen and oxygen atoms in total. The Labute approximate surface area is 167 Å². The van der Waals surface area contributed by atoms with E-state index in [-0.39, 0.29) is 16.0 Å². The normalized spacial score (nSPS) is 11.4. The van der Waals surface area contributed by atoms with Crippen molar-refractivity contribution in [3.8, 4) is 0 Å². The molecule has 140 valence electrons. The Hall–Kier alpha value is -2.59. The lowest BCUT2D eigenvalue weighted by atomic mass is 10.3. The van der Waals surface area contributed by atoms with Crippen molar-refractivity contribution >= 4 is 45.0 Å². The summed E-state index contributed by atoms with van der Waals surface area (Å²) in [5, 5.41) is 26.0. The molecule has 0 unspecified atom stereocenters. The Bertz CT molecular complexity index is 923. The van der Waals surface area contributed by atoms with E-state index >= 15 is 0 Å². The number of hydrogen-bond donors (Lipinski definition) is 3. The number of halogens is 2. The summed E-state index contributed by atoms with van der Waals surface area (Å²) in [4.78, 5) is 1.17. The van der Waals surface area contributed by atoms with Crippen LogP contribution in [0.1, 0.15) is 5.69 Å². The molecule has 0 saturated carbocycles. The van der Waals surface area contributed by atoms with Crippen LogP contribution in [0.3, 0.4) is 0 Å². The zero-order valence-electron chi connectivity index (χ0n) is 13.9. The second kappa shape index (κ2) is 9.38. The van der Waals surface area contributed by atoms with Gasteiger partial charge in [0.2, 0.25) is 11.7 Å². The molecule has 0 aliphatic carbocycles. The molecule has 0 spiro atoms. The highest BCUT2D eigenvalue weighted by molar-refractivity contribution is 9.10. The van der Waals surface area contributed by atoms with Crippen molar-refractivity contribution in [2.24, 2.45) is 5.16 Å². The van der Waals surface area contributed by atoms with Crippen molar-refractivity contribution in [1.82, 2.24) is 10.3 Å². The van der Waals surface area contributed by atoms with Gasteiger partial charge in [-0.2, -0.15) is 0 Å². The third-order valence-electron chi connectivity index (χ3n) is 3.40. The molecular weight excluding hydrogens is 437 g/mol. The third kappa shape index (κ3) is 5.20. The molecule has 27 heavy (non-hydrogen) atoms. The van der Waals surface area contributed by atoms with Crippen LogP contribution in [-0.4, -0.2) is 33.7 Å². The molecule has 0 radical (unpaired) electrons. The molecule has 0 aliphatic heterocycles. The van der Waals surface area contributed by atoms with Crippen LogP contribution in [0.25, 0.3) is 0 Å². The van der Waals surface area contributed by atoms with Crippen molar-refractivity contribution in [3.63, 3.8) is 0 Å². The number of rotatable bonds is 7. The summed E-state index contributed by atoms with van der Waals surface area (Å²) in [6.07, 6.45) is 0. The maximum absolute atomic E-state index is 13.3. The first-order valence-corrected chi connectivity index (χ1v) is 9.64. The van der Waals surface area contributed by atoms with Crippen molar-refractivity contribution in [3.05, 3.63) is 64.5 Å². The van der Waals surface area contributed by atoms with Gasteiger partial charge in [0.05, 0.1) is 4.47 Å².